The molecule has 1 saturated carbocycles. The van der Waals surface area contributed by atoms with Crippen molar-refractivity contribution in [3.63, 3.8) is 0 Å². The summed E-state index contributed by atoms with van der Waals surface area (Å²) in [5.74, 6) is 1.66. The molecule has 210 valence electrons. The number of thioether (sulfide) groups is 1. The van der Waals surface area contributed by atoms with Crippen LogP contribution in [0.3, 0.4) is 0 Å². The molecular weight excluding hydrogens is 569 g/mol. The summed E-state index contributed by atoms with van der Waals surface area (Å²) in [6.07, 6.45) is 8.42. The Hall–Kier alpha value is -0.255. The summed E-state index contributed by atoms with van der Waals surface area (Å²) in [6.45, 7) is 14.8. The van der Waals surface area contributed by atoms with Crippen LogP contribution in [-0.2, 0) is 6.42 Å². The number of hydrogen-bond acceptors (Lipinski definition) is 2. The van der Waals surface area contributed by atoms with E-state index < -0.39 is 0 Å². The van der Waals surface area contributed by atoms with Gasteiger partial charge in [0.1, 0.15) is 0 Å². The van der Waals surface area contributed by atoms with Crippen LogP contribution in [0.5, 0.6) is 0 Å². The van der Waals surface area contributed by atoms with Crippen LogP contribution >= 0.6 is 46.3 Å². The van der Waals surface area contributed by atoms with E-state index in [9.17, 15) is 0 Å². The number of benzene rings is 2. The first-order valence-electron chi connectivity index (χ1n) is 13.7. The van der Waals surface area contributed by atoms with Gasteiger partial charge >= 0.3 is 37.7 Å². The van der Waals surface area contributed by atoms with Crippen molar-refractivity contribution in [3.05, 3.63) is 96.9 Å². The van der Waals surface area contributed by atoms with Crippen LogP contribution in [0, 0.1) is 25.7 Å². The maximum absolute atomic E-state index is 5.97. The maximum atomic E-state index is 5.97. The molecule has 1 fully saturated rings. The van der Waals surface area contributed by atoms with E-state index in [0.717, 1.165) is 40.0 Å². The van der Waals surface area contributed by atoms with Gasteiger partial charge in [0.15, 0.2) is 0 Å². The standard InChI is InChI=1S/C15H17ClS.C15H13ClS.C4H9.CH4.2Li/c2*1-9-7-13-14(8-9)17-10(2)15(13)11-3-5-12(16)6-4-11;1-3-4-2;;;/h3-6,9,13-14H,7-8H2,1-2H3;3-6,8H,7H2,1-2H3;1,3-4H2,2H3;1H4;;/q;;-1;;2*+1. The van der Waals surface area contributed by atoms with Crippen molar-refractivity contribution in [3.8, 4) is 11.1 Å². The van der Waals surface area contributed by atoms with Gasteiger partial charge in [-0.2, -0.15) is 6.42 Å². The van der Waals surface area contributed by atoms with Gasteiger partial charge in [0, 0.05) is 25.0 Å². The molecule has 0 radical (unpaired) electrons. The molecule has 3 aromatic rings. The van der Waals surface area contributed by atoms with Crippen molar-refractivity contribution in [1.82, 2.24) is 0 Å². The SMILES string of the molecule is C.CC1=C(c2ccc(Cl)cc2)C2CC(C)CC2S1.CC1=Cc2sc(C)c(-c3ccc(Cl)cc3)c2C1.[CH2-]CCC.[Li+].[Li+]. The Balaban J connectivity index is 0.000000341. The third-order valence-electron chi connectivity index (χ3n) is 7.51. The zero-order valence-electron chi connectivity index (χ0n) is 25.2. The number of hydrogen-bond donors (Lipinski definition) is 0. The van der Waals surface area contributed by atoms with Crippen molar-refractivity contribution in [2.45, 2.75) is 79.4 Å². The van der Waals surface area contributed by atoms with E-state index in [2.05, 4.69) is 83.6 Å². The van der Waals surface area contributed by atoms with Crippen molar-refractivity contribution in [2.75, 3.05) is 0 Å². The second kappa shape index (κ2) is 17.9. The molecule has 41 heavy (non-hydrogen) atoms. The Kier molecular flexibility index (Phi) is 16.9. The van der Waals surface area contributed by atoms with Crippen LogP contribution in [0.25, 0.3) is 22.8 Å². The minimum absolute atomic E-state index is 0. The number of unbranched alkanes of at least 4 members (excludes halogenated alkanes) is 1. The summed E-state index contributed by atoms with van der Waals surface area (Å²) < 4.78 is 0. The quantitative estimate of drug-likeness (QED) is 0.231. The van der Waals surface area contributed by atoms with Gasteiger partial charge in [-0.3, -0.25) is 0 Å². The average Bonchev–Trinajstić information content (AvgIpc) is 3.59. The fourth-order valence-electron chi connectivity index (χ4n) is 5.73. The van der Waals surface area contributed by atoms with Crippen LogP contribution in [0.2, 0.25) is 10.0 Å². The topological polar surface area (TPSA) is 0 Å². The molecule has 0 spiro atoms. The third kappa shape index (κ3) is 9.61. The molecule has 2 aliphatic carbocycles. The Morgan fingerprint density at radius 1 is 0.878 bits per heavy atom. The first-order chi connectivity index (χ1) is 18.2. The summed E-state index contributed by atoms with van der Waals surface area (Å²) in [5.41, 5.74) is 8.61. The van der Waals surface area contributed by atoms with Gasteiger partial charge in [-0.15, -0.1) is 23.1 Å². The predicted molar refractivity (Wildman–Crippen MR) is 181 cm³/mol. The summed E-state index contributed by atoms with van der Waals surface area (Å²) in [4.78, 5) is 4.36. The van der Waals surface area contributed by atoms with Gasteiger partial charge in [-0.25, -0.2) is 0 Å². The van der Waals surface area contributed by atoms with E-state index in [1.54, 1.807) is 5.57 Å². The van der Waals surface area contributed by atoms with Crippen LogP contribution in [0.4, 0.5) is 0 Å². The molecule has 3 unspecified atom stereocenters. The van der Waals surface area contributed by atoms with Crippen LogP contribution in [0.1, 0.15) is 81.7 Å². The Morgan fingerprint density at radius 3 is 1.95 bits per heavy atom. The normalized spacial score (nSPS) is 19.7. The van der Waals surface area contributed by atoms with Gasteiger partial charge in [-0.05, 0) is 115 Å². The zero-order valence-corrected chi connectivity index (χ0v) is 28.4. The summed E-state index contributed by atoms with van der Waals surface area (Å²) >= 11 is 15.9. The van der Waals surface area contributed by atoms with Crippen LogP contribution < -0.4 is 37.7 Å². The van der Waals surface area contributed by atoms with E-state index in [-0.39, 0.29) is 45.1 Å². The molecule has 1 aromatic heterocycles. The fourth-order valence-corrected chi connectivity index (χ4v) is 8.90. The second-order valence-corrected chi connectivity index (χ2v) is 14.3. The molecule has 1 aliphatic heterocycles. The van der Waals surface area contributed by atoms with Crippen LogP contribution in [0.15, 0.2) is 59.0 Å². The number of fused-ring (bicyclic) bond motifs is 2. The first kappa shape index (κ1) is 38.8. The molecule has 0 bridgehead atoms. The van der Waals surface area contributed by atoms with Gasteiger partial charge in [0.25, 0.3) is 0 Å². The van der Waals surface area contributed by atoms with Gasteiger partial charge in [0.2, 0.25) is 0 Å². The van der Waals surface area contributed by atoms with Gasteiger partial charge in [0.05, 0.1) is 0 Å². The molecule has 0 amide bonds. The molecule has 0 saturated heterocycles. The number of thiophene rings is 1. The number of allylic oxidation sites excluding steroid dienone is 3. The van der Waals surface area contributed by atoms with E-state index in [1.807, 2.05) is 35.6 Å². The average molecular weight is 613 g/mol. The first-order valence-corrected chi connectivity index (χ1v) is 16.1. The third-order valence-corrected chi connectivity index (χ3v) is 10.5. The molecular formula is C35H43Cl2Li2S2+. The summed E-state index contributed by atoms with van der Waals surface area (Å²) in [6, 6.07) is 16.5. The van der Waals surface area contributed by atoms with Crippen molar-refractivity contribution in [1.29, 1.82) is 0 Å². The van der Waals surface area contributed by atoms with Crippen LogP contribution in [-0.4, -0.2) is 5.25 Å². The molecule has 3 aliphatic rings. The fraction of sp³-hybridized carbons (Fsp3) is 0.400. The van der Waals surface area contributed by atoms with Crippen molar-refractivity contribution < 1.29 is 37.7 Å². The minimum atomic E-state index is 0. The minimum Gasteiger partial charge on any atom is -0.343 e. The van der Waals surface area contributed by atoms with E-state index >= 15 is 0 Å². The molecule has 0 N–H and O–H groups in total. The Bertz CT molecular complexity index is 1310. The predicted octanol–water partition coefficient (Wildman–Crippen LogP) is 6.83. The zero-order chi connectivity index (χ0) is 27.4. The summed E-state index contributed by atoms with van der Waals surface area (Å²) in [7, 11) is 0. The Morgan fingerprint density at radius 2 is 1.41 bits per heavy atom. The molecule has 2 aromatic carbocycles. The largest absolute Gasteiger partial charge is 1.00 e. The van der Waals surface area contributed by atoms with E-state index in [4.69, 9.17) is 23.2 Å². The number of rotatable bonds is 3. The van der Waals surface area contributed by atoms with Crippen molar-refractivity contribution >= 4 is 57.9 Å². The number of aryl methyl sites for hydroxylation is 1. The van der Waals surface area contributed by atoms with Gasteiger partial charge in [-0.1, -0.05) is 80.7 Å². The van der Waals surface area contributed by atoms with E-state index in [1.165, 1.54) is 61.7 Å². The van der Waals surface area contributed by atoms with Gasteiger partial charge < -0.3 is 6.92 Å². The van der Waals surface area contributed by atoms with E-state index in [0.29, 0.717) is 0 Å². The molecule has 6 heteroatoms. The smallest absolute Gasteiger partial charge is 0.343 e. The monoisotopic (exact) mass is 611 g/mol. The second-order valence-electron chi connectivity index (χ2n) is 10.7. The summed E-state index contributed by atoms with van der Waals surface area (Å²) in [5, 5.41) is 2.46. The Labute approximate surface area is 292 Å². The molecule has 3 atom stereocenters. The number of halogens is 2. The molecule has 0 nitrogen and oxygen atoms in total. The molecule has 2 heterocycles. The van der Waals surface area contributed by atoms with Crippen molar-refractivity contribution in [2.24, 2.45) is 11.8 Å². The maximum Gasteiger partial charge on any atom is 1.00 e. The molecule has 6 rings (SSSR count).